The first-order valence-electron chi connectivity index (χ1n) is 4.04. The number of rotatable bonds is 3. The van der Waals surface area contributed by atoms with Crippen LogP contribution in [0.2, 0.25) is 0 Å². The smallest absolute Gasteiger partial charge is 0.446 e. The van der Waals surface area contributed by atoms with Gasteiger partial charge in [0.2, 0.25) is 0 Å². The maximum atomic E-state index is 13.2. The summed E-state index contributed by atoms with van der Waals surface area (Å²) in [6.45, 7) is 0. The fourth-order valence-corrected chi connectivity index (χ4v) is 1.61. The van der Waals surface area contributed by atoms with Gasteiger partial charge in [-0.25, -0.2) is 4.39 Å². The zero-order chi connectivity index (χ0) is 12.3. The predicted molar refractivity (Wildman–Crippen MR) is 51.4 cm³/mol. The highest BCUT2D eigenvalue weighted by atomic mass is 32.2. The third-order valence-electron chi connectivity index (χ3n) is 1.66. The van der Waals surface area contributed by atoms with Crippen molar-refractivity contribution in [1.82, 2.24) is 0 Å². The van der Waals surface area contributed by atoms with Crippen LogP contribution in [0.5, 0.6) is 11.5 Å². The van der Waals surface area contributed by atoms with E-state index in [-0.39, 0.29) is 11.5 Å². The topological polar surface area (TPSA) is 18.5 Å². The highest BCUT2D eigenvalue weighted by molar-refractivity contribution is 8.00. The van der Waals surface area contributed by atoms with Crippen LogP contribution in [0.4, 0.5) is 17.6 Å². The Hall–Kier alpha value is -1.11. The maximum Gasteiger partial charge on any atom is 0.446 e. The molecule has 0 radical (unpaired) electrons. The molecule has 0 N–H and O–H groups in total. The molecule has 0 aliphatic carbocycles. The molecule has 1 aromatic carbocycles. The number of ether oxygens (including phenoxy) is 2. The van der Waals surface area contributed by atoms with Gasteiger partial charge in [-0.3, -0.25) is 0 Å². The van der Waals surface area contributed by atoms with E-state index < -0.39 is 28.0 Å². The standard InChI is InChI=1S/C9H8F4O2S/c1-14-6-3-5(10)8(4-7(6)15-2)16-9(11,12)13/h3-4H,1-2H3. The largest absolute Gasteiger partial charge is 0.493 e. The van der Waals surface area contributed by atoms with E-state index in [1.54, 1.807) is 0 Å². The van der Waals surface area contributed by atoms with Crippen LogP contribution in [0, 0.1) is 5.82 Å². The van der Waals surface area contributed by atoms with Gasteiger partial charge in [0, 0.05) is 12.1 Å². The normalized spacial score (nSPS) is 11.4. The molecule has 2 nitrogen and oxygen atoms in total. The molecule has 16 heavy (non-hydrogen) atoms. The molecule has 7 heteroatoms. The minimum absolute atomic E-state index is 0.0477. The Balaban J connectivity index is 3.11. The quantitative estimate of drug-likeness (QED) is 0.609. The van der Waals surface area contributed by atoms with Crippen LogP contribution in [-0.2, 0) is 0 Å². The first kappa shape index (κ1) is 13.0. The van der Waals surface area contributed by atoms with Gasteiger partial charge >= 0.3 is 5.51 Å². The molecule has 0 heterocycles. The molecule has 0 saturated carbocycles. The minimum atomic E-state index is -4.54. The fraction of sp³-hybridized carbons (Fsp3) is 0.333. The van der Waals surface area contributed by atoms with Crippen LogP contribution in [0.1, 0.15) is 0 Å². The van der Waals surface area contributed by atoms with Crippen LogP contribution < -0.4 is 9.47 Å². The SMILES string of the molecule is COc1cc(F)c(SC(F)(F)F)cc1OC. The lowest BCUT2D eigenvalue weighted by Crippen LogP contribution is -2.01. The summed E-state index contributed by atoms with van der Waals surface area (Å²) in [5.74, 6) is -0.901. The first-order chi connectivity index (χ1) is 7.37. The number of methoxy groups -OCH3 is 2. The molecule has 0 aliphatic rings. The van der Waals surface area contributed by atoms with E-state index in [1.807, 2.05) is 0 Å². The summed E-state index contributed by atoms with van der Waals surface area (Å²) >= 11 is -0.534. The van der Waals surface area contributed by atoms with Gasteiger partial charge < -0.3 is 9.47 Å². The lowest BCUT2D eigenvalue weighted by atomic mass is 10.3. The van der Waals surface area contributed by atoms with Crippen molar-refractivity contribution in [2.45, 2.75) is 10.4 Å². The van der Waals surface area contributed by atoms with Crippen molar-refractivity contribution in [1.29, 1.82) is 0 Å². The van der Waals surface area contributed by atoms with Crippen molar-refractivity contribution in [2.75, 3.05) is 14.2 Å². The van der Waals surface area contributed by atoms with E-state index in [9.17, 15) is 17.6 Å². The van der Waals surface area contributed by atoms with Gasteiger partial charge in [0.25, 0.3) is 0 Å². The molecular weight excluding hydrogens is 248 g/mol. The Morgan fingerprint density at radius 3 is 2.00 bits per heavy atom. The number of benzene rings is 1. The average Bonchev–Trinajstić information content (AvgIpc) is 2.18. The van der Waals surface area contributed by atoms with E-state index >= 15 is 0 Å². The van der Waals surface area contributed by atoms with Crippen molar-refractivity contribution in [3.8, 4) is 11.5 Å². The summed E-state index contributed by atoms with van der Waals surface area (Å²) in [5, 5.41) is 0. The highest BCUT2D eigenvalue weighted by Crippen LogP contribution is 2.41. The van der Waals surface area contributed by atoms with Crippen molar-refractivity contribution < 1.29 is 27.0 Å². The zero-order valence-electron chi connectivity index (χ0n) is 8.39. The van der Waals surface area contributed by atoms with Crippen LogP contribution in [0.3, 0.4) is 0 Å². The van der Waals surface area contributed by atoms with E-state index in [0.717, 1.165) is 12.1 Å². The maximum absolute atomic E-state index is 13.2. The molecule has 0 atom stereocenters. The van der Waals surface area contributed by atoms with Crippen LogP contribution in [0.15, 0.2) is 17.0 Å². The number of alkyl halides is 3. The van der Waals surface area contributed by atoms with Gasteiger partial charge in [-0.1, -0.05) is 0 Å². The lowest BCUT2D eigenvalue weighted by molar-refractivity contribution is -0.0329. The van der Waals surface area contributed by atoms with Crippen LogP contribution >= 0.6 is 11.8 Å². The summed E-state index contributed by atoms with van der Waals surface area (Å²) in [6, 6.07) is 1.80. The Bertz CT molecular complexity index is 379. The Morgan fingerprint density at radius 1 is 1.06 bits per heavy atom. The van der Waals surface area contributed by atoms with Crippen molar-refractivity contribution in [3.05, 3.63) is 17.9 Å². The van der Waals surface area contributed by atoms with E-state index in [0.29, 0.717) is 0 Å². The van der Waals surface area contributed by atoms with Gasteiger partial charge in [0.05, 0.1) is 19.1 Å². The van der Waals surface area contributed by atoms with E-state index in [2.05, 4.69) is 0 Å². The molecule has 0 aliphatic heterocycles. The third kappa shape index (κ3) is 3.19. The number of hydrogen-bond acceptors (Lipinski definition) is 3. The number of thioether (sulfide) groups is 1. The van der Waals surface area contributed by atoms with Crippen LogP contribution in [0.25, 0.3) is 0 Å². The second kappa shape index (κ2) is 4.82. The molecule has 0 amide bonds. The van der Waals surface area contributed by atoms with Gasteiger partial charge in [0.15, 0.2) is 11.5 Å². The molecule has 1 rings (SSSR count). The predicted octanol–water partition coefficient (Wildman–Crippen LogP) is 3.45. The number of halogens is 4. The summed E-state index contributed by atoms with van der Waals surface area (Å²) in [6.07, 6.45) is 0. The monoisotopic (exact) mass is 256 g/mol. The summed E-state index contributed by atoms with van der Waals surface area (Å²) in [4.78, 5) is -0.551. The zero-order valence-corrected chi connectivity index (χ0v) is 9.21. The van der Waals surface area contributed by atoms with E-state index in [1.165, 1.54) is 14.2 Å². The summed E-state index contributed by atoms with van der Waals surface area (Å²) in [5.41, 5.74) is -4.54. The second-order valence-electron chi connectivity index (χ2n) is 2.69. The molecular formula is C9H8F4O2S. The molecule has 0 bridgehead atoms. The molecule has 0 saturated heterocycles. The first-order valence-corrected chi connectivity index (χ1v) is 4.86. The molecule has 0 spiro atoms. The summed E-state index contributed by atoms with van der Waals surface area (Å²) < 4.78 is 58.9. The number of hydrogen-bond donors (Lipinski definition) is 0. The minimum Gasteiger partial charge on any atom is -0.493 e. The van der Waals surface area contributed by atoms with Crippen molar-refractivity contribution in [3.63, 3.8) is 0 Å². The lowest BCUT2D eigenvalue weighted by Gasteiger charge is -2.11. The molecule has 0 fully saturated rings. The van der Waals surface area contributed by atoms with Gasteiger partial charge in [-0.15, -0.1) is 0 Å². The van der Waals surface area contributed by atoms with Gasteiger partial charge in [-0.2, -0.15) is 13.2 Å². The Labute approximate surface area is 93.5 Å². The summed E-state index contributed by atoms with van der Waals surface area (Å²) in [7, 11) is 2.53. The molecule has 0 unspecified atom stereocenters. The van der Waals surface area contributed by atoms with E-state index in [4.69, 9.17) is 9.47 Å². The average molecular weight is 256 g/mol. The highest BCUT2D eigenvalue weighted by Gasteiger charge is 2.31. The molecule has 0 aromatic heterocycles. The third-order valence-corrected chi connectivity index (χ3v) is 2.43. The molecule has 90 valence electrons. The van der Waals surface area contributed by atoms with Crippen molar-refractivity contribution in [2.24, 2.45) is 0 Å². The van der Waals surface area contributed by atoms with Crippen LogP contribution in [-0.4, -0.2) is 19.7 Å². The van der Waals surface area contributed by atoms with Gasteiger partial charge in [-0.05, 0) is 11.8 Å². The van der Waals surface area contributed by atoms with Crippen molar-refractivity contribution >= 4 is 11.8 Å². The Morgan fingerprint density at radius 2 is 1.56 bits per heavy atom. The second-order valence-corrected chi connectivity index (χ2v) is 3.79. The molecule has 1 aromatic rings. The fourth-order valence-electron chi connectivity index (χ4n) is 1.04. The van der Waals surface area contributed by atoms with Gasteiger partial charge in [0.1, 0.15) is 5.82 Å². The Kier molecular flexibility index (Phi) is 3.90.